The summed E-state index contributed by atoms with van der Waals surface area (Å²) < 4.78 is 55.7. The van der Waals surface area contributed by atoms with Crippen molar-refractivity contribution in [2.24, 2.45) is 5.92 Å². The zero-order chi connectivity index (χ0) is 13.1. The average molecular weight is 288 g/mol. The molecule has 0 unspecified atom stereocenters. The zero-order valence-corrected chi connectivity index (χ0v) is 13.8. The fourth-order valence-electron chi connectivity index (χ4n) is 1.31. The fraction of sp³-hybridized carbons (Fsp3) is 0.455. The van der Waals surface area contributed by atoms with E-state index in [4.69, 9.17) is 4.74 Å². The molecule has 0 aliphatic heterocycles. The molecule has 1 aromatic carbocycles. The maximum atomic E-state index is 12.8. The molecule has 7 heteroatoms. The van der Waals surface area contributed by atoms with Gasteiger partial charge in [-0.3, -0.25) is 0 Å². The maximum Gasteiger partial charge on any atom is 1.00 e. The summed E-state index contributed by atoms with van der Waals surface area (Å²) in [5, 5.41) is 0. The number of rotatable bonds is 5. The first-order valence-corrected chi connectivity index (χ1v) is 5.43. The largest absolute Gasteiger partial charge is 1.00 e. The van der Waals surface area contributed by atoms with Crippen molar-refractivity contribution in [2.75, 3.05) is 6.61 Å². The summed E-state index contributed by atoms with van der Waals surface area (Å²) in [5.74, 6) is -0.856. The Morgan fingerprint density at radius 2 is 1.83 bits per heavy atom. The molecule has 1 aromatic rings. The Balaban J connectivity index is 0.00000289. The van der Waals surface area contributed by atoms with Crippen molar-refractivity contribution >= 4 is 12.4 Å². The van der Waals surface area contributed by atoms with Crippen LogP contribution in [0.4, 0.5) is 17.3 Å². The Kier molecular flexibility index (Phi) is 8.09. The van der Waals surface area contributed by atoms with Crippen LogP contribution in [0.5, 0.6) is 5.75 Å². The van der Waals surface area contributed by atoms with Gasteiger partial charge in [-0.25, -0.2) is 4.39 Å². The topological polar surface area (TPSA) is 9.23 Å². The van der Waals surface area contributed by atoms with Crippen LogP contribution >= 0.6 is 0 Å². The Bertz CT molecular complexity index is 382. The van der Waals surface area contributed by atoms with E-state index in [1.54, 1.807) is 0 Å². The molecule has 0 heterocycles. The summed E-state index contributed by atoms with van der Waals surface area (Å²) >= 11 is 0. The Labute approximate surface area is 147 Å². The molecular formula is C11H14BF4KO. The van der Waals surface area contributed by atoms with Crippen molar-refractivity contribution in [2.45, 2.75) is 20.3 Å². The van der Waals surface area contributed by atoms with E-state index in [1.165, 1.54) is 0 Å². The third-order valence-electron chi connectivity index (χ3n) is 2.28. The van der Waals surface area contributed by atoms with E-state index in [0.717, 1.165) is 12.1 Å². The van der Waals surface area contributed by atoms with Crippen LogP contribution in [0, 0.1) is 11.7 Å². The van der Waals surface area contributed by atoms with Crippen LogP contribution in [0.1, 0.15) is 20.3 Å². The quantitative estimate of drug-likeness (QED) is 0.560. The Morgan fingerprint density at radius 3 is 2.33 bits per heavy atom. The summed E-state index contributed by atoms with van der Waals surface area (Å²) in [7, 11) is 0. The molecular weight excluding hydrogens is 274 g/mol. The second kappa shape index (κ2) is 7.89. The van der Waals surface area contributed by atoms with Gasteiger partial charge in [0.15, 0.2) is 0 Å². The normalized spacial score (nSPS) is 11.3. The van der Waals surface area contributed by atoms with Crippen molar-refractivity contribution in [3.63, 3.8) is 0 Å². The van der Waals surface area contributed by atoms with Gasteiger partial charge in [-0.05, 0) is 30.5 Å². The molecule has 96 valence electrons. The third kappa shape index (κ3) is 6.06. The van der Waals surface area contributed by atoms with Crippen LogP contribution in [-0.4, -0.2) is 13.6 Å². The first-order chi connectivity index (χ1) is 7.80. The maximum absolute atomic E-state index is 12.8. The molecule has 0 bridgehead atoms. The van der Waals surface area contributed by atoms with Crippen LogP contribution in [0.15, 0.2) is 18.2 Å². The van der Waals surface area contributed by atoms with E-state index in [-0.39, 0.29) is 63.7 Å². The van der Waals surface area contributed by atoms with Crippen LogP contribution < -0.4 is 61.6 Å². The molecule has 0 radical (unpaired) electrons. The summed E-state index contributed by atoms with van der Waals surface area (Å²) in [6.07, 6.45) is 0.654. The van der Waals surface area contributed by atoms with Gasteiger partial charge >= 0.3 is 58.4 Å². The first-order valence-electron chi connectivity index (χ1n) is 5.43. The van der Waals surface area contributed by atoms with Gasteiger partial charge in [0, 0.05) is 0 Å². The molecule has 0 aromatic heterocycles. The van der Waals surface area contributed by atoms with E-state index in [0.29, 0.717) is 18.4 Å². The van der Waals surface area contributed by atoms with Crippen molar-refractivity contribution in [1.29, 1.82) is 0 Å². The van der Waals surface area contributed by atoms with Gasteiger partial charge in [0.25, 0.3) is 0 Å². The number of ether oxygens (including phenoxy) is 1. The number of hydrogen-bond donors (Lipinski definition) is 0. The summed E-state index contributed by atoms with van der Waals surface area (Å²) in [5.41, 5.74) is -1.01. The molecule has 0 N–H and O–H groups in total. The predicted molar refractivity (Wildman–Crippen MR) is 60.1 cm³/mol. The SMILES string of the molecule is CC(C)CCOc1ccc(F)cc1[B-](F)(F)F.[K+]. The van der Waals surface area contributed by atoms with Gasteiger partial charge in [-0.15, -0.1) is 0 Å². The van der Waals surface area contributed by atoms with Crippen LogP contribution in [0.3, 0.4) is 0 Å². The molecule has 0 saturated carbocycles. The van der Waals surface area contributed by atoms with Crippen molar-refractivity contribution in [3.05, 3.63) is 24.0 Å². The van der Waals surface area contributed by atoms with Gasteiger partial charge in [0.2, 0.25) is 0 Å². The molecule has 0 spiro atoms. The van der Waals surface area contributed by atoms with E-state index in [2.05, 4.69) is 0 Å². The molecule has 1 rings (SSSR count). The van der Waals surface area contributed by atoms with Gasteiger partial charge in [0.1, 0.15) is 5.82 Å². The second-order valence-corrected chi connectivity index (χ2v) is 4.29. The minimum Gasteiger partial charge on any atom is -0.497 e. The van der Waals surface area contributed by atoms with Gasteiger partial charge in [-0.2, -0.15) is 0 Å². The summed E-state index contributed by atoms with van der Waals surface area (Å²) in [4.78, 5) is 0. The minimum absolute atomic E-state index is 0. The van der Waals surface area contributed by atoms with E-state index in [9.17, 15) is 17.3 Å². The standard InChI is InChI=1S/C11H14BF4O.K/c1-8(2)5-6-17-11-4-3-9(13)7-10(11)12(14,15)16;/h3-4,7-8H,5-6H2,1-2H3;/q-1;+1. The number of hydrogen-bond acceptors (Lipinski definition) is 1. The molecule has 0 saturated heterocycles. The monoisotopic (exact) mass is 288 g/mol. The van der Waals surface area contributed by atoms with Gasteiger partial charge < -0.3 is 17.7 Å². The predicted octanol–water partition coefficient (Wildman–Crippen LogP) is 0.309. The average Bonchev–Trinajstić information content (AvgIpc) is 2.18. The molecule has 1 nitrogen and oxygen atoms in total. The van der Waals surface area contributed by atoms with Crippen LogP contribution in [-0.2, 0) is 0 Å². The van der Waals surface area contributed by atoms with E-state index >= 15 is 0 Å². The zero-order valence-electron chi connectivity index (χ0n) is 10.7. The van der Waals surface area contributed by atoms with Crippen molar-refractivity contribution in [3.8, 4) is 5.75 Å². The van der Waals surface area contributed by atoms with Crippen molar-refractivity contribution < 1.29 is 73.5 Å². The summed E-state index contributed by atoms with van der Waals surface area (Å²) in [6, 6.07) is 2.47. The van der Waals surface area contributed by atoms with Crippen LogP contribution in [0.2, 0.25) is 0 Å². The van der Waals surface area contributed by atoms with Crippen LogP contribution in [0.25, 0.3) is 0 Å². The Hall–Kier alpha value is 0.441. The summed E-state index contributed by atoms with van der Waals surface area (Å²) in [6.45, 7) is -1.16. The third-order valence-corrected chi connectivity index (χ3v) is 2.28. The number of halogens is 4. The molecule has 18 heavy (non-hydrogen) atoms. The fourth-order valence-corrected chi connectivity index (χ4v) is 1.31. The van der Waals surface area contributed by atoms with Crippen molar-refractivity contribution in [1.82, 2.24) is 0 Å². The Morgan fingerprint density at radius 1 is 1.22 bits per heavy atom. The molecule has 0 aliphatic carbocycles. The smallest absolute Gasteiger partial charge is 0.497 e. The molecule has 0 fully saturated rings. The van der Waals surface area contributed by atoms with Gasteiger partial charge in [-0.1, -0.05) is 19.3 Å². The second-order valence-electron chi connectivity index (χ2n) is 4.29. The molecule has 0 atom stereocenters. The van der Waals surface area contributed by atoms with Gasteiger partial charge in [0.05, 0.1) is 12.4 Å². The minimum atomic E-state index is -5.25. The van der Waals surface area contributed by atoms with E-state index in [1.807, 2.05) is 13.8 Å². The molecule has 0 aliphatic rings. The number of benzene rings is 1. The first kappa shape index (κ1) is 18.4. The molecule has 0 amide bonds. The van der Waals surface area contributed by atoms with E-state index < -0.39 is 18.3 Å².